The maximum absolute atomic E-state index is 12.2. The first-order valence-electron chi connectivity index (χ1n) is 9.00. The molecule has 0 aromatic carbocycles. The predicted octanol–water partition coefficient (Wildman–Crippen LogP) is 0.334. The fourth-order valence-corrected chi connectivity index (χ4v) is 4.33. The molecule has 0 saturated carbocycles. The summed E-state index contributed by atoms with van der Waals surface area (Å²) in [6.07, 6.45) is 2.00. The van der Waals surface area contributed by atoms with Crippen molar-refractivity contribution in [3.8, 4) is 0 Å². The summed E-state index contributed by atoms with van der Waals surface area (Å²) in [6.45, 7) is 7.56. The molecule has 8 nitrogen and oxygen atoms in total. The van der Waals surface area contributed by atoms with Crippen molar-refractivity contribution in [2.45, 2.75) is 45.5 Å². The topological polar surface area (TPSA) is 85.7 Å². The molecule has 0 spiro atoms. The smallest absolute Gasteiger partial charge is 0.214 e. The van der Waals surface area contributed by atoms with Crippen molar-refractivity contribution >= 4 is 10.0 Å². The Labute approximate surface area is 149 Å². The molecule has 25 heavy (non-hydrogen) atoms. The van der Waals surface area contributed by atoms with Gasteiger partial charge in [-0.05, 0) is 19.0 Å². The molecule has 9 heteroatoms. The zero-order valence-electron chi connectivity index (χ0n) is 14.8. The summed E-state index contributed by atoms with van der Waals surface area (Å²) in [6, 6.07) is 2.00. The molecule has 0 bridgehead atoms. The lowest BCUT2D eigenvalue weighted by Gasteiger charge is -2.27. The van der Waals surface area contributed by atoms with Crippen molar-refractivity contribution in [3.63, 3.8) is 0 Å². The zero-order valence-corrected chi connectivity index (χ0v) is 15.6. The largest absolute Gasteiger partial charge is 0.376 e. The highest BCUT2D eigenvalue weighted by molar-refractivity contribution is 7.89. The Morgan fingerprint density at radius 3 is 3.00 bits per heavy atom. The number of fused-ring (bicyclic) bond motifs is 1. The van der Waals surface area contributed by atoms with Gasteiger partial charge in [-0.25, -0.2) is 13.1 Å². The number of hydrogen-bond donors (Lipinski definition) is 1. The Balaban J connectivity index is 1.51. The van der Waals surface area contributed by atoms with E-state index in [0.717, 1.165) is 37.6 Å². The molecule has 1 aromatic rings. The van der Waals surface area contributed by atoms with Crippen LogP contribution in [0.2, 0.25) is 0 Å². The first kappa shape index (κ1) is 18.8. The van der Waals surface area contributed by atoms with Crippen molar-refractivity contribution in [2.75, 3.05) is 38.7 Å². The fraction of sp³-hybridized carbons (Fsp3) is 0.812. The third kappa shape index (κ3) is 5.49. The van der Waals surface area contributed by atoms with Gasteiger partial charge in [-0.1, -0.05) is 13.3 Å². The number of rotatable bonds is 8. The summed E-state index contributed by atoms with van der Waals surface area (Å²) in [5.74, 6) is -0.0780. The Hall–Kier alpha value is -1.00. The van der Waals surface area contributed by atoms with E-state index < -0.39 is 16.1 Å². The first-order valence-corrected chi connectivity index (χ1v) is 10.7. The Morgan fingerprint density at radius 2 is 2.24 bits per heavy atom. The lowest BCUT2D eigenvalue weighted by Crippen LogP contribution is -2.38. The van der Waals surface area contributed by atoms with Gasteiger partial charge >= 0.3 is 0 Å². The van der Waals surface area contributed by atoms with Gasteiger partial charge in [0, 0.05) is 13.1 Å². The van der Waals surface area contributed by atoms with E-state index >= 15 is 0 Å². The molecular formula is C16H28N4O4S. The zero-order chi connectivity index (χ0) is 17.7. The van der Waals surface area contributed by atoms with Crippen LogP contribution in [-0.2, 0) is 39.1 Å². The lowest BCUT2D eigenvalue weighted by atomic mass is 10.2. The second-order valence-corrected chi connectivity index (χ2v) is 8.50. The monoisotopic (exact) mass is 372 g/mol. The summed E-state index contributed by atoms with van der Waals surface area (Å²) in [5, 5.41) is 4.52. The molecule has 142 valence electrons. The highest BCUT2D eigenvalue weighted by Gasteiger charge is 2.23. The van der Waals surface area contributed by atoms with E-state index in [1.54, 1.807) is 0 Å². The van der Waals surface area contributed by atoms with E-state index in [2.05, 4.69) is 21.6 Å². The minimum Gasteiger partial charge on any atom is -0.376 e. The van der Waals surface area contributed by atoms with Gasteiger partial charge in [0.15, 0.2) is 0 Å². The third-order valence-corrected chi connectivity index (χ3v) is 5.91. The molecule has 1 atom stereocenters. The number of aromatic nitrogens is 2. The lowest BCUT2D eigenvalue weighted by molar-refractivity contribution is -0.0783. The third-order valence-electron chi connectivity index (χ3n) is 4.52. The SMILES string of the molecule is CCCCN1CCn2nc(CNS(=O)(=O)C[C@H]3COCCO3)cc2C1. The molecule has 3 heterocycles. The summed E-state index contributed by atoms with van der Waals surface area (Å²) < 4.78 is 39.7. The number of unbranched alkanes of at least 4 members (excludes halogenated alkanes) is 1. The van der Waals surface area contributed by atoms with Crippen LogP contribution < -0.4 is 4.72 Å². The summed E-state index contributed by atoms with van der Waals surface area (Å²) in [7, 11) is -3.42. The van der Waals surface area contributed by atoms with Gasteiger partial charge in [0.05, 0.1) is 56.2 Å². The minimum atomic E-state index is -3.42. The standard InChI is InChI=1S/C16H28N4O4S/c1-2-3-4-19-5-6-20-15(11-19)9-14(18-20)10-17-25(21,22)13-16-12-23-7-8-24-16/h9,16-17H,2-8,10-13H2,1H3/t16-/m1/s1. The van der Waals surface area contributed by atoms with E-state index in [1.807, 2.05) is 10.7 Å². The van der Waals surface area contributed by atoms with Crippen molar-refractivity contribution in [1.82, 2.24) is 19.4 Å². The Bertz CT molecular complexity index is 655. The molecule has 0 unspecified atom stereocenters. The molecule has 1 fully saturated rings. The number of ether oxygens (including phenoxy) is 2. The molecule has 1 saturated heterocycles. The molecule has 0 amide bonds. The van der Waals surface area contributed by atoms with Crippen molar-refractivity contribution in [3.05, 3.63) is 17.5 Å². The number of hydrogen-bond acceptors (Lipinski definition) is 6. The van der Waals surface area contributed by atoms with Crippen LogP contribution in [0.15, 0.2) is 6.07 Å². The van der Waals surface area contributed by atoms with Crippen LogP contribution in [0.1, 0.15) is 31.2 Å². The van der Waals surface area contributed by atoms with Crippen molar-refractivity contribution in [1.29, 1.82) is 0 Å². The normalized spacial score (nSPS) is 22.0. The summed E-state index contributed by atoms with van der Waals surface area (Å²) in [5.41, 5.74) is 1.91. The number of nitrogens with zero attached hydrogens (tertiary/aromatic N) is 3. The van der Waals surface area contributed by atoms with Crippen LogP contribution >= 0.6 is 0 Å². The van der Waals surface area contributed by atoms with E-state index in [9.17, 15) is 8.42 Å². The van der Waals surface area contributed by atoms with Gasteiger partial charge in [-0.15, -0.1) is 0 Å². The van der Waals surface area contributed by atoms with E-state index in [0.29, 0.717) is 19.8 Å². The van der Waals surface area contributed by atoms with Gasteiger partial charge in [0.1, 0.15) is 0 Å². The van der Waals surface area contributed by atoms with Crippen molar-refractivity contribution in [2.24, 2.45) is 0 Å². The molecule has 0 aliphatic carbocycles. The quantitative estimate of drug-likeness (QED) is 0.708. The van der Waals surface area contributed by atoms with Crippen LogP contribution in [0, 0.1) is 0 Å². The number of sulfonamides is 1. The van der Waals surface area contributed by atoms with Gasteiger partial charge in [-0.2, -0.15) is 5.10 Å². The first-order chi connectivity index (χ1) is 12.1. The van der Waals surface area contributed by atoms with Crippen LogP contribution in [0.4, 0.5) is 0 Å². The maximum atomic E-state index is 12.2. The maximum Gasteiger partial charge on any atom is 0.214 e. The predicted molar refractivity (Wildman–Crippen MR) is 93.6 cm³/mol. The van der Waals surface area contributed by atoms with Crippen LogP contribution in [-0.4, -0.2) is 67.9 Å². The Morgan fingerprint density at radius 1 is 1.36 bits per heavy atom. The minimum absolute atomic E-state index is 0.0780. The van der Waals surface area contributed by atoms with Gasteiger partial charge in [-0.3, -0.25) is 9.58 Å². The number of nitrogens with one attached hydrogen (secondary N) is 1. The van der Waals surface area contributed by atoms with Gasteiger partial charge in [0.2, 0.25) is 10.0 Å². The molecule has 1 aromatic heterocycles. The van der Waals surface area contributed by atoms with Gasteiger partial charge < -0.3 is 9.47 Å². The second kappa shape index (κ2) is 8.59. The second-order valence-electron chi connectivity index (χ2n) is 6.65. The van der Waals surface area contributed by atoms with Crippen LogP contribution in [0.25, 0.3) is 0 Å². The van der Waals surface area contributed by atoms with Crippen molar-refractivity contribution < 1.29 is 17.9 Å². The summed E-state index contributed by atoms with van der Waals surface area (Å²) in [4.78, 5) is 2.43. The highest BCUT2D eigenvalue weighted by atomic mass is 32.2. The molecule has 3 rings (SSSR count). The van der Waals surface area contributed by atoms with Crippen LogP contribution in [0.3, 0.4) is 0 Å². The van der Waals surface area contributed by atoms with E-state index in [1.165, 1.54) is 12.8 Å². The highest BCUT2D eigenvalue weighted by Crippen LogP contribution is 2.14. The van der Waals surface area contributed by atoms with E-state index in [-0.39, 0.29) is 12.3 Å². The molecule has 2 aliphatic heterocycles. The Kier molecular flexibility index (Phi) is 6.45. The molecule has 2 aliphatic rings. The molecular weight excluding hydrogens is 344 g/mol. The van der Waals surface area contributed by atoms with Gasteiger partial charge in [0.25, 0.3) is 0 Å². The average molecular weight is 372 g/mol. The fourth-order valence-electron chi connectivity index (χ4n) is 3.16. The summed E-state index contributed by atoms with van der Waals surface area (Å²) >= 11 is 0. The average Bonchev–Trinajstić information content (AvgIpc) is 3.01. The molecule has 1 N–H and O–H groups in total. The molecule has 0 radical (unpaired) electrons. The van der Waals surface area contributed by atoms with E-state index in [4.69, 9.17) is 9.47 Å². The van der Waals surface area contributed by atoms with Crippen LogP contribution in [0.5, 0.6) is 0 Å².